The second-order valence-electron chi connectivity index (χ2n) is 14.1. The third-order valence-electron chi connectivity index (χ3n) is 8.93. The van der Waals surface area contributed by atoms with Crippen molar-refractivity contribution in [3.63, 3.8) is 0 Å². The van der Waals surface area contributed by atoms with Gasteiger partial charge in [0.05, 0.1) is 30.1 Å². The Bertz CT molecular complexity index is 2390. The molecule has 4 aromatic rings. The van der Waals surface area contributed by atoms with Gasteiger partial charge in [-0.2, -0.15) is 18.3 Å². The van der Waals surface area contributed by atoms with Gasteiger partial charge in [0, 0.05) is 41.5 Å². The number of nitrogens with two attached hydrogens (primary N) is 1. The number of para-hydroxylation sites is 1. The summed E-state index contributed by atoms with van der Waals surface area (Å²) in [7, 11) is -2.13. The molecule has 6 rings (SSSR count). The van der Waals surface area contributed by atoms with Crippen LogP contribution in [0.5, 0.6) is 0 Å². The molecule has 0 saturated heterocycles. The predicted molar refractivity (Wildman–Crippen MR) is 192 cm³/mol. The van der Waals surface area contributed by atoms with Gasteiger partial charge in [0.15, 0.2) is 23.8 Å². The normalized spacial score (nSPS) is 17.5. The number of amides is 1. The van der Waals surface area contributed by atoms with E-state index >= 15 is 0 Å². The number of fused-ring (bicyclic) bond motifs is 2. The first kappa shape index (κ1) is 39.3. The molecule has 290 valence electrons. The number of nitrogens with one attached hydrogen (secondary N) is 3. The number of anilines is 1. The van der Waals surface area contributed by atoms with Gasteiger partial charge in [-0.25, -0.2) is 22.2 Å². The monoisotopic (exact) mass is 786 g/mol. The molecule has 1 amide bonds. The number of pyridine rings is 1. The number of rotatable bonds is 11. The van der Waals surface area contributed by atoms with E-state index in [1.165, 1.54) is 23.8 Å². The minimum Gasteiger partial charge on any atom is -0.486 e. The summed E-state index contributed by atoms with van der Waals surface area (Å²) in [5.41, 5.74) is -1.15. The first-order chi connectivity index (χ1) is 25.7. The number of alkyl halides is 3. The fourth-order valence-electron chi connectivity index (χ4n) is 6.54. The summed E-state index contributed by atoms with van der Waals surface area (Å²) in [5.74, 6) is 2.14. The van der Waals surface area contributed by atoms with Crippen LogP contribution >= 0.6 is 0 Å². The Balaban J connectivity index is 1.45. The van der Waals surface area contributed by atoms with E-state index in [2.05, 4.69) is 27.0 Å². The van der Waals surface area contributed by atoms with E-state index in [9.17, 15) is 40.3 Å². The van der Waals surface area contributed by atoms with Crippen LogP contribution in [0.3, 0.4) is 0 Å². The van der Waals surface area contributed by atoms with Gasteiger partial charge in [0.2, 0.25) is 15.8 Å². The topological polar surface area (TPSA) is 176 Å². The van der Waals surface area contributed by atoms with Gasteiger partial charge in [-0.15, -0.1) is 0 Å². The molecular weight excluding hydrogens is 750 g/mol. The molecule has 3 heterocycles. The number of halogens is 5. The molecule has 12 nitrogen and oxygen atoms in total. The quantitative estimate of drug-likeness (QED) is 0.0873. The molecule has 3 atom stereocenters. The number of aryl methyl sites for hydroxylation is 1. The number of allylic oxidation sites excluding steroid dienone is 2. The Morgan fingerprint density at radius 1 is 1.15 bits per heavy atom. The second kappa shape index (κ2) is 14.7. The molecule has 0 radical (unpaired) electrons. The van der Waals surface area contributed by atoms with Crippen molar-refractivity contribution in [1.82, 2.24) is 20.1 Å². The lowest BCUT2D eigenvalue weighted by Crippen LogP contribution is -2.86. The van der Waals surface area contributed by atoms with Gasteiger partial charge in [-0.05, 0) is 68.5 Å². The van der Waals surface area contributed by atoms with Crippen molar-refractivity contribution in [1.29, 1.82) is 5.41 Å². The highest BCUT2D eigenvalue weighted by Gasteiger charge is 2.52. The summed E-state index contributed by atoms with van der Waals surface area (Å²) in [5, 5.41) is 26.9. The van der Waals surface area contributed by atoms with Gasteiger partial charge >= 0.3 is 6.18 Å². The molecule has 2 aliphatic rings. The molecule has 2 aromatic carbocycles. The maximum Gasteiger partial charge on any atom is 0.436 e. The van der Waals surface area contributed by atoms with E-state index < -0.39 is 63.4 Å². The number of aromatic nitrogens is 3. The molecule has 1 fully saturated rings. The van der Waals surface area contributed by atoms with Crippen LogP contribution in [-0.2, 0) is 33.0 Å². The van der Waals surface area contributed by atoms with Crippen LogP contribution in [-0.4, -0.2) is 71.1 Å². The first-order valence-electron chi connectivity index (χ1n) is 17.0. The zero-order chi connectivity index (χ0) is 40.0. The van der Waals surface area contributed by atoms with Crippen molar-refractivity contribution >= 4 is 38.4 Å². The molecular formula is C37H37F5N7O5S+. The summed E-state index contributed by atoms with van der Waals surface area (Å²) in [6.45, 7) is 2.54. The number of hydrogen-bond donors (Lipinski definition) is 5. The highest BCUT2D eigenvalue weighted by molar-refractivity contribution is 7.92. The number of carbonyl (C=O) groups excluding carboxylic acids is 1. The van der Waals surface area contributed by atoms with Gasteiger partial charge in [0.25, 0.3) is 5.91 Å². The molecule has 2 unspecified atom stereocenters. The SMILES string of the molecule is Cn1nc(NS(C)(=O)=O)c2cccc(-c3ccc(C#CC(C)(C)O)nc3[C@H](Cc3cc(F)cc(F)c3)NC(=O)C[NH2+]C3=C(C(=N)C(F)(F)F)OCC4CC34)c21. The van der Waals surface area contributed by atoms with E-state index in [0.717, 1.165) is 18.4 Å². The number of carbonyl (C=O) groups is 1. The number of hydrogen-bond acceptors (Lipinski definition) is 8. The lowest BCUT2D eigenvalue weighted by molar-refractivity contribution is -0.601. The van der Waals surface area contributed by atoms with Crippen molar-refractivity contribution < 1.29 is 50.3 Å². The zero-order valence-corrected chi connectivity index (χ0v) is 30.8. The largest absolute Gasteiger partial charge is 0.486 e. The highest BCUT2D eigenvalue weighted by atomic mass is 32.2. The summed E-state index contributed by atoms with van der Waals surface area (Å²) in [6, 6.07) is 9.95. The highest BCUT2D eigenvalue weighted by Crippen LogP contribution is 2.47. The Labute approximate surface area is 312 Å². The van der Waals surface area contributed by atoms with Crippen molar-refractivity contribution in [3.8, 4) is 23.0 Å². The molecule has 18 heteroatoms. The predicted octanol–water partition coefficient (Wildman–Crippen LogP) is 3.83. The Morgan fingerprint density at radius 3 is 2.51 bits per heavy atom. The van der Waals surface area contributed by atoms with E-state index in [1.807, 2.05) is 0 Å². The fraction of sp³-hybridized carbons (Fsp3) is 0.351. The van der Waals surface area contributed by atoms with E-state index in [4.69, 9.17) is 15.1 Å². The van der Waals surface area contributed by atoms with Crippen LogP contribution in [0.2, 0.25) is 0 Å². The van der Waals surface area contributed by atoms with Gasteiger partial charge < -0.3 is 20.5 Å². The minimum absolute atomic E-state index is 0.0305. The number of benzene rings is 2. The molecule has 1 saturated carbocycles. The van der Waals surface area contributed by atoms with Crippen molar-refractivity contribution in [2.75, 3.05) is 24.1 Å². The third kappa shape index (κ3) is 9.30. The van der Waals surface area contributed by atoms with Crippen LogP contribution in [0.15, 0.2) is 60.0 Å². The average Bonchev–Trinajstić information content (AvgIpc) is 3.80. The van der Waals surface area contributed by atoms with Crippen LogP contribution in [0.4, 0.5) is 27.8 Å². The maximum absolute atomic E-state index is 14.5. The van der Waals surface area contributed by atoms with Crippen molar-refractivity contribution in [2.45, 2.75) is 44.5 Å². The Hall–Kier alpha value is -5.38. The van der Waals surface area contributed by atoms with Crippen LogP contribution in [0.25, 0.3) is 22.0 Å². The summed E-state index contributed by atoms with van der Waals surface area (Å²) < 4.78 is 103. The van der Waals surface area contributed by atoms with Crippen LogP contribution in [0.1, 0.15) is 43.3 Å². The van der Waals surface area contributed by atoms with E-state index in [1.54, 1.807) is 37.4 Å². The fourth-order valence-corrected chi connectivity index (χ4v) is 7.04. The van der Waals surface area contributed by atoms with E-state index in [-0.39, 0.29) is 53.3 Å². The lowest BCUT2D eigenvalue weighted by atomic mass is 9.93. The summed E-state index contributed by atoms with van der Waals surface area (Å²) >= 11 is 0. The smallest absolute Gasteiger partial charge is 0.436 e. The van der Waals surface area contributed by atoms with Gasteiger partial charge in [0.1, 0.15) is 22.9 Å². The minimum atomic E-state index is -4.97. The number of ether oxygens (including phenoxy) is 1. The Kier molecular flexibility index (Phi) is 10.5. The number of nitrogens with zero attached hydrogens (tertiary/aromatic N) is 3. The molecule has 2 aromatic heterocycles. The van der Waals surface area contributed by atoms with Crippen molar-refractivity contribution in [3.05, 3.63) is 88.6 Å². The first-order valence-corrected chi connectivity index (χ1v) is 18.9. The molecule has 1 aliphatic heterocycles. The number of aliphatic hydroxyl groups is 1. The van der Waals surface area contributed by atoms with E-state index in [0.29, 0.717) is 34.5 Å². The second-order valence-corrected chi connectivity index (χ2v) is 15.8. The molecule has 0 bridgehead atoms. The molecule has 55 heavy (non-hydrogen) atoms. The molecule has 6 N–H and O–H groups in total. The Morgan fingerprint density at radius 2 is 1.85 bits per heavy atom. The zero-order valence-electron chi connectivity index (χ0n) is 30.0. The third-order valence-corrected chi connectivity index (χ3v) is 9.49. The average molecular weight is 787 g/mol. The standard InChI is InChI=1S/C37H36F5N7O5S/c1-36(2,51)11-10-23-8-9-24(25-6-5-7-26-32(25)49(3)47-35(26)48-55(4,52)53)30(45-23)28(14-19-12-21(38)16-22(39)13-19)46-29(50)17-44-31-27-15-20(27)18-54-33(31)34(43)37(40,41)42/h5-9,12-13,16,20,27-28,43-44,51H,14-15,17-18H2,1-4H3,(H,46,50)(H,47,48)/p+1/t20?,27?,28-/m0/s1. The molecule has 1 aliphatic carbocycles. The lowest BCUT2D eigenvalue weighted by Gasteiger charge is -2.23. The molecule has 0 spiro atoms. The number of quaternary nitrogens is 1. The van der Waals surface area contributed by atoms with Gasteiger partial charge in [-0.1, -0.05) is 18.1 Å². The van der Waals surface area contributed by atoms with Gasteiger partial charge in [-0.3, -0.25) is 19.6 Å². The maximum atomic E-state index is 14.5. The summed E-state index contributed by atoms with van der Waals surface area (Å²) in [4.78, 5) is 18.5. The van der Waals surface area contributed by atoms with Crippen LogP contribution < -0.4 is 15.4 Å². The van der Waals surface area contributed by atoms with Crippen molar-refractivity contribution in [2.24, 2.45) is 18.9 Å². The number of sulfonamides is 1. The van der Waals surface area contributed by atoms with Crippen LogP contribution in [0, 0.1) is 40.7 Å². The summed E-state index contributed by atoms with van der Waals surface area (Å²) in [6.07, 6.45) is -3.66.